The first-order valence-corrected chi connectivity index (χ1v) is 12.7. The van der Waals surface area contributed by atoms with Crippen molar-refractivity contribution in [2.45, 2.75) is 83.8 Å². The van der Waals surface area contributed by atoms with Crippen molar-refractivity contribution in [2.75, 3.05) is 0 Å². The molecule has 1 saturated carbocycles. The van der Waals surface area contributed by atoms with Gasteiger partial charge in [-0.1, -0.05) is 49.2 Å². The van der Waals surface area contributed by atoms with Crippen LogP contribution in [0.25, 0.3) is 11.0 Å². The molecule has 1 aromatic heterocycles. The molecule has 1 aliphatic carbocycles. The van der Waals surface area contributed by atoms with Crippen molar-refractivity contribution in [2.24, 2.45) is 5.92 Å². The van der Waals surface area contributed by atoms with Crippen molar-refractivity contribution in [1.29, 1.82) is 0 Å². The van der Waals surface area contributed by atoms with Gasteiger partial charge in [-0.25, -0.2) is 4.98 Å². The number of carboxylic acid groups (broad SMARTS) is 1. The van der Waals surface area contributed by atoms with Gasteiger partial charge in [-0.05, 0) is 69.2 Å². The summed E-state index contributed by atoms with van der Waals surface area (Å²) in [6, 6.07) is 16.3. The number of aromatic nitrogens is 2. The van der Waals surface area contributed by atoms with Crippen LogP contribution in [0.3, 0.4) is 0 Å². The van der Waals surface area contributed by atoms with Crippen LogP contribution < -0.4 is 0 Å². The van der Waals surface area contributed by atoms with Gasteiger partial charge in [0.15, 0.2) is 0 Å². The summed E-state index contributed by atoms with van der Waals surface area (Å²) in [6.07, 6.45) is 5.75. The normalized spacial score (nSPS) is 15.4. The Morgan fingerprint density at radius 2 is 1.77 bits per heavy atom. The number of para-hydroxylation sites is 2. The summed E-state index contributed by atoms with van der Waals surface area (Å²) in [5.41, 5.74) is 3.59. The highest BCUT2D eigenvalue weighted by Crippen LogP contribution is 2.39. The van der Waals surface area contributed by atoms with Gasteiger partial charge >= 0.3 is 11.9 Å². The predicted octanol–water partition coefficient (Wildman–Crippen LogP) is 6.11. The van der Waals surface area contributed by atoms with Gasteiger partial charge < -0.3 is 14.4 Å². The molecule has 6 nitrogen and oxygen atoms in total. The third kappa shape index (κ3) is 6.30. The topological polar surface area (TPSA) is 81.4 Å². The van der Waals surface area contributed by atoms with Crippen molar-refractivity contribution < 1.29 is 19.4 Å². The number of benzene rings is 2. The molecule has 0 aliphatic heterocycles. The Labute approximate surface area is 207 Å². The standard InChI is InChI=1S/C29H36N2O4/c1-29(2,3)35-28(34)27(21-9-4-5-10-21)22-17-15-20(16-18-22)19-31-24-12-7-6-11-23(24)30-25(31)13-8-14-26(32)33/h6-7,11-12,15-18,21,27H,4-5,8-10,13-14,19H2,1-3H3,(H,32,33). The summed E-state index contributed by atoms with van der Waals surface area (Å²) < 4.78 is 7.98. The number of nitrogens with zero attached hydrogens (tertiary/aromatic N) is 2. The molecular formula is C29H36N2O4. The molecule has 0 bridgehead atoms. The maximum absolute atomic E-state index is 13.2. The fraction of sp³-hybridized carbons (Fsp3) is 0.483. The fourth-order valence-electron chi connectivity index (χ4n) is 5.16. The maximum atomic E-state index is 13.2. The van der Waals surface area contributed by atoms with Gasteiger partial charge in [0.2, 0.25) is 0 Å². The number of carbonyl (C=O) groups excluding carboxylic acids is 1. The molecule has 1 aliphatic rings. The number of hydrogen-bond acceptors (Lipinski definition) is 4. The van der Waals surface area contributed by atoms with Gasteiger partial charge in [-0.15, -0.1) is 0 Å². The molecule has 1 fully saturated rings. The molecule has 1 N–H and O–H groups in total. The molecule has 0 spiro atoms. The summed E-state index contributed by atoms with van der Waals surface area (Å²) in [6.45, 7) is 6.40. The number of ether oxygens (including phenoxy) is 1. The second kappa shape index (κ2) is 10.6. The van der Waals surface area contributed by atoms with E-state index in [9.17, 15) is 9.59 Å². The number of imidazole rings is 1. The van der Waals surface area contributed by atoms with Crippen molar-refractivity contribution in [3.8, 4) is 0 Å². The third-order valence-corrected chi connectivity index (χ3v) is 6.74. The number of fused-ring (bicyclic) bond motifs is 1. The second-order valence-electron chi connectivity index (χ2n) is 10.6. The van der Waals surface area contributed by atoms with Crippen molar-refractivity contribution >= 4 is 23.0 Å². The second-order valence-corrected chi connectivity index (χ2v) is 10.6. The SMILES string of the molecule is CC(C)(C)OC(=O)C(c1ccc(Cn2c(CCCC(=O)O)nc3ccccc32)cc1)C1CCCC1. The number of rotatable bonds is 9. The predicted molar refractivity (Wildman–Crippen MR) is 136 cm³/mol. The summed E-state index contributed by atoms with van der Waals surface area (Å²) in [7, 11) is 0. The van der Waals surface area contributed by atoms with E-state index in [1.165, 1.54) is 12.8 Å². The minimum atomic E-state index is -0.787. The van der Waals surface area contributed by atoms with E-state index in [0.29, 0.717) is 25.3 Å². The Kier molecular flexibility index (Phi) is 7.58. The first-order valence-electron chi connectivity index (χ1n) is 12.7. The highest BCUT2D eigenvalue weighted by molar-refractivity contribution is 5.79. The molecule has 6 heteroatoms. The molecule has 2 aromatic carbocycles. The van der Waals surface area contributed by atoms with Gasteiger partial charge in [0.25, 0.3) is 0 Å². The van der Waals surface area contributed by atoms with Crippen molar-refractivity contribution in [3.63, 3.8) is 0 Å². The highest BCUT2D eigenvalue weighted by atomic mass is 16.6. The molecule has 3 aromatic rings. The molecule has 35 heavy (non-hydrogen) atoms. The van der Waals surface area contributed by atoms with Crippen LogP contribution >= 0.6 is 0 Å². The summed E-state index contributed by atoms with van der Waals surface area (Å²) in [5.74, 6) is 0.0817. The van der Waals surface area contributed by atoms with Crippen molar-refractivity contribution in [1.82, 2.24) is 9.55 Å². The smallest absolute Gasteiger partial charge is 0.314 e. The molecule has 1 heterocycles. The van der Waals surface area contributed by atoms with E-state index < -0.39 is 11.6 Å². The molecule has 0 saturated heterocycles. The Morgan fingerprint density at radius 3 is 2.43 bits per heavy atom. The van der Waals surface area contributed by atoms with E-state index in [-0.39, 0.29) is 18.3 Å². The Hall–Kier alpha value is -3.15. The lowest BCUT2D eigenvalue weighted by molar-refractivity contribution is -0.158. The van der Waals surface area contributed by atoms with Gasteiger partial charge in [-0.2, -0.15) is 0 Å². The quantitative estimate of drug-likeness (QED) is 0.377. The van der Waals surface area contributed by atoms with Gasteiger partial charge in [-0.3, -0.25) is 9.59 Å². The number of hydrogen-bond donors (Lipinski definition) is 1. The first kappa shape index (κ1) is 25.0. The summed E-state index contributed by atoms with van der Waals surface area (Å²) >= 11 is 0. The van der Waals surface area contributed by atoms with Gasteiger partial charge in [0.1, 0.15) is 11.4 Å². The molecule has 1 atom stereocenters. The van der Waals surface area contributed by atoms with Crippen LogP contribution in [0.2, 0.25) is 0 Å². The lowest BCUT2D eigenvalue weighted by Gasteiger charge is -2.27. The molecule has 0 radical (unpaired) electrons. The van der Waals surface area contributed by atoms with E-state index in [0.717, 1.165) is 40.8 Å². The van der Waals surface area contributed by atoms with Crippen LogP contribution in [-0.2, 0) is 27.3 Å². The molecule has 4 rings (SSSR count). The van der Waals surface area contributed by atoms with E-state index in [1.54, 1.807) is 0 Å². The molecule has 0 amide bonds. The Balaban J connectivity index is 1.57. The first-order chi connectivity index (χ1) is 16.7. The lowest BCUT2D eigenvalue weighted by atomic mass is 9.84. The zero-order valence-electron chi connectivity index (χ0n) is 21.0. The third-order valence-electron chi connectivity index (χ3n) is 6.74. The summed E-state index contributed by atoms with van der Waals surface area (Å²) in [5, 5.41) is 9.03. The van der Waals surface area contributed by atoms with Gasteiger partial charge in [0, 0.05) is 19.4 Å². The van der Waals surface area contributed by atoms with Crippen LogP contribution in [0, 0.1) is 5.92 Å². The molecule has 1 unspecified atom stereocenters. The number of carboxylic acids is 1. The monoisotopic (exact) mass is 476 g/mol. The van der Waals surface area contributed by atoms with Crippen LogP contribution in [0.5, 0.6) is 0 Å². The lowest BCUT2D eigenvalue weighted by Crippen LogP contribution is -2.30. The minimum Gasteiger partial charge on any atom is -0.481 e. The maximum Gasteiger partial charge on any atom is 0.314 e. The van der Waals surface area contributed by atoms with Gasteiger partial charge in [0.05, 0.1) is 17.0 Å². The fourth-order valence-corrected chi connectivity index (χ4v) is 5.16. The van der Waals surface area contributed by atoms with E-state index >= 15 is 0 Å². The number of aryl methyl sites for hydroxylation is 1. The zero-order valence-corrected chi connectivity index (χ0v) is 21.0. The van der Waals surface area contributed by atoms with E-state index in [1.807, 2.05) is 39.0 Å². The average Bonchev–Trinajstić information content (AvgIpc) is 3.42. The van der Waals surface area contributed by atoms with E-state index in [2.05, 4.69) is 34.9 Å². The van der Waals surface area contributed by atoms with Crippen LogP contribution in [0.15, 0.2) is 48.5 Å². The number of aliphatic carboxylic acids is 1. The Bertz CT molecular complexity index is 1170. The van der Waals surface area contributed by atoms with Crippen molar-refractivity contribution in [3.05, 3.63) is 65.5 Å². The van der Waals surface area contributed by atoms with Crippen LogP contribution in [0.1, 0.15) is 82.2 Å². The summed E-state index contributed by atoms with van der Waals surface area (Å²) in [4.78, 5) is 28.9. The van der Waals surface area contributed by atoms with E-state index in [4.69, 9.17) is 14.8 Å². The van der Waals surface area contributed by atoms with Crippen LogP contribution in [0.4, 0.5) is 0 Å². The Morgan fingerprint density at radius 1 is 1.09 bits per heavy atom. The average molecular weight is 477 g/mol. The molecule has 186 valence electrons. The largest absolute Gasteiger partial charge is 0.481 e. The number of carbonyl (C=O) groups is 2. The minimum absolute atomic E-state index is 0.126. The zero-order chi connectivity index (χ0) is 25.0. The molecular weight excluding hydrogens is 440 g/mol. The highest BCUT2D eigenvalue weighted by Gasteiger charge is 2.35. The van der Waals surface area contributed by atoms with Crippen LogP contribution in [-0.4, -0.2) is 32.2 Å². The number of esters is 1.